The van der Waals surface area contributed by atoms with Gasteiger partial charge in [-0.25, -0.2) is 0 Å². The minimum atomic E-state index is -0.191. The minimum Gasteiger partial charge on any atom is -0.456 e. The zero-order valence-electron chi connectivity index (χ0n) is 44.2. The molecule has 5 heteroatoms. The Morgan fingerprint density at radius 3 is 1.55 bits per heavy atom. The summed E-state index contributed by atoms with van der Waals surface area (Å²) in [5, 5.41) is 2.07. The van der Waals surface area contributed by atoms with Crippen molar-refractivity contribution in [2.24, 2.45) is 0 Å². The fourth-order valence-electron chi connectivity index (χ4n) is 11.1. The number of nitrogens with zero attached hydrogens (tertiary/aromatic N) is 2. The van der Waals surface area contributed by atoms with Crippen LogP contribution in [0.25, 0.3) is 33.1 Å². The second kappa shape index (κ2) is 16.3. The quantitative estimate of drug-likeness (QED) is 0.161. The van der Waals surface area contributed by atoms with Gasteiger partial charge in [-0.15, -0.1) is 0 Å². The first-order valence-electron chi connectivity index (χ1n) is 25.5. The molecule has 1 aromatic heterocycles. The number of aryl methyl sites for hydroxylation is 2. The highest BCUT2D eigenvalue weighted by Crippen LogP contribution is 2.52. The first kappa shape index (κ1) is 46.4. The minimum absolute atomic E-state index is 0.0154. The number of ether oxygens (including phenoxy) is 1. The van der Waals surface area contributed by atoms with Crippen LogP contribution < -0.4 is 30.9 Å². The molecule has 0 aliphatic carbocycles. The molecule has 0 fully saturated rings. The van der Waals surface area contributed by atoms with Gasteiger partial charge < -0.3 is 19.0 Å². The van der Waals surface area contributed by atoms with Crippen molar-refractivity contribution in [1.82, 2.24) is 0 Å². The topological polar surface area (TPSA) is 28.9 Å². The zero-order chi connectivity index (χ0) is 50.1. The molecule has 71 heavy (non-hydrogen) atoms. The third kappa shape index (κ3) is 8.02. The highest BCUT2D eigenvalue weighted by atomic mass is 16.5. The fraction of sp³-hybridized carbons (Fsp3) is 0.273. The molecule has 4 nitrogen and oxygen atoms in total. The number of furan rings is 1. The third-order valence-electron chi connectivity index (χ3n) is 15.0. The van der Waals surface area contributed by atoms with Gasteiger partial charge in [0, 0.05) is 33.8 Å². The highest BCUT2D eigenvalue weighted by molar-refractivity contribution is 6.99. The Bertz CT molecular complexity index is 3470. The van der Waals surface area contributed by atoms with E-state index in [0.29, 0.717) is 0 Å². The average molecular weight is 931 g/mol. The summed E-state index contributed by atoms with van der Waals surface area (Å²) >= 11 is 0. The lowest BCUT2D eigenvalue weighted by Gasteiger charge is -2.42. The van der Waals surface area contributed by atoms with Gasteiger partial charge in [-0.3, -0.25) is 0 Å². The molecule has 0 saturated carbocycles. The molecule has 0 spiro atoms. The SMILES string of the molecule is Cc1cc(C)cc(-c2cc3c4c(c2)N(c2ccc(C(C)(C)C)cc2)c2ccc(C(C)(C)C)cc2B4c2cc4oc5ccccc5c4c(N(c4ccc(C(C)(C)C)cc4)c4ccc(C(C)(C)C)cc4)c2O3)c1. The molecule has 0 bridgehead atoms. The lowest BCUT2D eigenvalue weighted by Crippen LogP contribution is -2.59. The average Bonchev–Trinajstić information content (AvgIpc) is 3.68. The Morgan fingerprint density at radius 1 is 0.465 bits per heavy atom. The molecular formula is C66H67BN2O2. The summed E-state index contributed by atoms with van der Waals surface area (Å²) in [4.78, 5) is 4.92. The van der Waals surface area contributed by atoms with Crippen LogP contribution in [-0.4, -0.2) is 6.71 Å². The summed E-state index contributed by atoms with van der Waals surface area (Å²) < 4.78 is 14.9. The van der Waals surface area contributed by atoms with E-state index in [9.17, 15) is 0 Å². The van der Waals surface area contributed by atoms with Crippen molar-refractivity contribution >= 4 is 79.2 Å². The van der Waals surface area contributed by atoms with Gasteiger partial charge in [-0.05, 0) is 152 Å². The number of benzene rings is 8. The Labute approximate surface area is 422 Å². The van der Waals surface area contributed by atoms with E-state index >= 15 is 0 Å². The van der Waals surface area contributed by atoms with Crippen LogP contribution in [0.2, 0.25) is 0 Å². The van der Waals surface area contributed by atoms with E-state index in [4.69, 9.17) is 9.15 Å². The monoisotopic (exact) mass is 931 g/mol. The van der Waals surface area contributed by atoms with Gasteiger partial charge in [0.05, 0.1) is 5.39 Å². The van der Waals surface area contributed by atoms with Crippen molar-refractivity contribution in [3.8, 4) is 22.6 Å². The maximum Gasteiger partial charge on any atom is 0.256 e. The second-order valence-corrected chi connectivity index (χ2v) is 24.5. The van der Waals surface area contributed by atoms with Crippen LogP contribution in [0.5, 0.6) is 11.5 Å². The van der Waals surface area contributed by atoms with Crippen LogP contribution in [0.15, 0.2) is 156 Å². The number of hydrogen-bond acceptors (Lipinski definition) is 4. The van der Waals surface area contributed by atoms with Gasteiger partial charge in [-0.1, -0.05) is 179 Å². The summed E-state index contributed by atoms with van der Waals surface area (Å²) in [6, 6.07) is 57.1. The van der Waals surface area contributed by atoms with Crippen LogP contribution in [0.4, 0.5) is 34.1 Å². The molecular weight excluding hydrogens is 864 g/mol. The van der Waals surface area contributed by atoms with E-state index in [2.05, 4.69) is 258 Å². The maximum absolute atomic E-state index is 7.83. The molecule has 11 rings (SSSR count). The molecule has 0 amide bonds. The molecule has 0 radical (unpaired) electrons. The van der Waals surface area contributed by atoms with Crippen LogP contribution >= 0.6 is 0 Å². The van der Waals surface area contributed by atoms with Gasteiger partial charge in [0.15, 0.2) is 0 Å². The van der Waals surface area contributed by atoms with Gasteiger partial charge >= 0.3 is 0 Å². The summed E-state index contributed by atoms with van der Waals surface area (Å²) in [5.41, 5.74) is 21.4. The van der Waals surface area contributed by atoms with Crippen molar-refractivity contribution in [3.05, 3.63) is 185 Å². The number of para-hydroxylation sites is 1. The van der Waals surface area contributed by atoms with E-state index in [1.54, 1.807) is 0 Å². The van der Waals surface area contributed by atoms with Crippen LogP contribution in [0.3, 0.4) is 0 Å². The Hall–Kier alpha value is -6.98. The lowest BCUT2D eigenvalue weighted by molar-refractivity contribution is 0.489. The molecule has 0 N–H and O–H groups in total. The highest BCUT2D eigenvalue weighted by Gasteiger charge is 2.45. The first-order valence-corrected chi connectivity index (χ1v) is 25.5. The van der Waals surface area contributed by atoms with Crippen molar-refractivity contribution in [3.63, 3.8) is 0 Å². The third-order valence-corrected chi connectivity index (χ3v) is 15.0. The van der Waals surface area contributed by atoms with E-state index in [-0.39, 0.29) is 28.4 Å². The lowest BCUT2D eigenvalue weighted by atomic mass is 9.34. The molecule has 9 aromatic rings. The molecule has 8 aromatic carbocycles. The predicted octanol–water partition coefficient (Wildman–Crippen LogP) is 16.9. The molecule has 0 saturated heterocycles. The van der Waals surface area contributed by atoms with Crippen LogP contribution in [0.1, 0.15) is 116 Å². The Balaban J connectivity index is 1.27. The maximum atomic E-state index is 7.83. The van der Waals surface area contributed by atoms with Gasteiger partial charge in [0.25, 0.3) is 6.71 Å². The summed E-state index contributed by atoms with van der Waals surface area (Å²) in [6.07, 6.45) is 0. The van der Waals surface area contributed by atoms with Crippen LogP contribution in [0, 0.1) is 13.8 Å². The number of rotatable bonds is 5. The Kier molecular flexibility index (Phi) is 10.6. The molecule has 356 valence electrons. The molecule has 0 unspecified atom stereocenters. The first-order chi connectivity index (χ1) is 33.5. The zero-order valence-corrected chi connectivity index (χ0v) is 44.2. The normalized spacial score (nSPS) is 13.5. The number of fused-ring (bicyclic) bond motifs is 7. The smallest absolute Gasteiger partial charge is 0.256 e. The fourth-order valence-corrected chi connectivity index (χ4v) is 11.1. The molecule has 0 atom stereocenters. The van der Waals surface area contributed by atoms with Crippen molar-refractivity contribution in [2.45, 2.75) is 119 Å². The largest absolute Gasteiger partial charge is 0.456 e. The van der Waals surface area contributed by atoms with Crippen molar-refractivity contribution in [2.75, 3.05) is 9.80 Å². The summed E-state index contributed by atoms with van der Waals surface area (Å²) in [7, 11) is 0. The molecule has 3 heterocycles. The van der Waals surface area contributed by atoms with E-state index in [1.807, 2.05) is 0 Å². The van der Waals surface area contributed by atoms with Crippen molar-refractivity contribution in [1.29, 1.82) is 0 Å². The van der Waals surface area contributed by atoms with Crippen molar-refractivity contribution < 1.29 is 9.15 Å². The van der Waals surface area contributed by atoms with E-state index < -0.39 is 0 Å². The number of hydrogen-bond donors (Lipinski definition) is 0. The van der Waals surface area contributed by atoms with Gasteiger partial charge in [-0.2, -0.15) is 0 Å². The predicted molar refractivity (Wildman–Crippen MR) is 304 cm³/mol. The van der Waals surface area contributed by atoms with E-state index in [1.165, 1.54) is 44.4 Å². The summed E-state index contributed by atoms with van der Waals surface area (Å²) in [6.45, 7) is 31.7. The second-order valence-electron chi connectivity index (χ2n) is 24.5. The Morgan fingerprint density at radius 2 is 0.986 bits per heavy atom. The summed E-state index contributed by atoms with van der Waals surface area (Å²) in [5.74, 6) is 1.69. The standard InChI is InChI=1S/C66H67BN2O2/c1-40-33-41(2)35-42(34-40)43-36-55-60-58(37-43)71-62-53(67(60)52-38-47(66(12,13)14)25-32-54(52)69(55)50-30-23-46(24-31-50)65(9,10)11)39-57-59(51-17-15-16-18-56(51)70-57)61(62)68(48-26-19-44(20-27-48)63(3,4)5)49-28-21-45(22-29-49)64(6,7)8/h15-39H,1-14H3. The van der Waals surface area contributed by atoms with Gasteiger partial charge in [0.2, 0.25) is 0 Å². The molecule has 2 aliphatic heterocycles. The van der Waals surface area contributed by atoms with E-state index in [0.717, 1.165) is 84.1 Å². The molecule has 2 aliphatic rings. The van der Waals surface area contributed by atoms with Crippen LogP contribution in [-0.2, 0) is 21.7 Å². The van der Waals surface area contributed by atoms with Gasteiger partial charge in [0.1, 0.15) is 28.4 Å². The number of anilines is 6.